The van der Waals surface area contributed by atoms with Crippen molar-refractivity contribution in [1.29, 1.82) is 0 Å². The normalized spacial score (nSPS) is 14.2. The van der Waals surface area contributed by atoms with Gasteiger partial charge in [0.05, 0.1) is 12.6 Å². The maximum absolute atomic E-state index is 11.6. The average molecular weight is 222 g/mol. The summed E-state index contributed by atoms with van der Waals surface area (Å²) in [4.78, 5) is 11.6. The molecule has 1 aromatic carbocycles. The molecule has 4 nitrogen and oxygen atoms in total. The summed E-state index contributed by atoms with van der Waals surface area (Å²) in [7, 11) is 0. The van der Waals surface area contributed by atoms with Crippen LogP contribution < -0.4 is 11.1 Å². The molecule has 1 unspecified atom stereocenters. The Bertz CT molecular complexity index is 327. The van der Waals surface area contributed by atoms with Crippen LogP contribution in [0.1, 0.15) is 18.5 Å². The highest BCUT2D eigenvalue weighted by Crippen LogP contribution is 2.12. The predicted molar refractivity (Wildman–Crippen MR) is 62.6 cm³/mol. The lowest BCUT2D eigenvalue weighted by Crippen LogP contribution is -2.37. The summed E-state index contributed by atoms with van der Waals surface area (Å²) in [5.41, 5.74) is 6.30. The van der Waals surface area contributed by atoms with Crippen LogP contribution in [-0.2, 0) is 4.79 Å². The third kappa shape index (κ3) is 3.32. The van der Waals surface area contributed by atoms with Gasteiger partial charge < -0.3 is 16.2 Å². The maximum Gasteiger partial charge on any atom is 0.224 e. The number of aliphatic hydroxyl groups excluding tert-OH is 1. The van der Waals surface area contributed by atoms with Crippen molar-refractivity contribution in [1.82, 2.24) is 5.32 Å². The molecule has 4 heteroatoms. The second-order valence-corrected chi connectivity index (χ2v) is 3.79. The van der Waals surface area contributed by atoms with E-state index in [2.05, 4.69) is 5.32 Å². The van der Waals surface area contributed by atoms with E-state index in [4.69, 9.17) is 5.73 Å². The Labute approximate surface area is 95.5 Å². The Morgan fingerprint density at radius 3 is 2.56 bits per heavy atom. The fourth-order valence-electron chi connectivity index (χ4n) is 1.34. The zero-order valence-corrected chi connectivity index (χ0v) is 9.39. The van der Waals surface area contributed by atoms with Gasteiger partial charge in [0.25, 0.3) is 0 Å². The lowest BCUT2D eigenvalue weighted by molar-refractivity contribution is -0.125. The number of nitrogens with two attached hydrogens (primary N) is 1. The minimum atomic E-state index is -0.359. The molecular formula is C12H18N2O2. The van der Waals surface area contributed by atoms with Gasteiger partial charge >= 0.3 is 0 Å². The number of amides is 1. The van der Waals surface area contributed by atoms with Gasteiger partial charge in [0.15, 0.2) is 0 Å². The molecule has 0 heterocycles. The SMILES string of the molecule is CC(CN)C(=O)N[C@H](CO)c1ccccc1. The highest BCUT2D eigenvalue weighted by Gasteiger charge is 2.16. The zero-order chi connectivity index (χ0) is 12.0. The summed E-state index contributed by atoms with van der Waals surface area (Å²) in [5, 5.41) is 12.0. The predicted octanol–water partition coefficient (Wildman–Crippen LogP) is 0.431. The Morgan fingerprint density at radius 1 is 1.44 bits per heavy atom. The van der Waals surface area contributed by atoms with Crippen LogP contribution in [0.15, 0.2) is 30.3 Å². The van der Waals surface area contributed by atoms with Crippen LogP contribution in [0.4, 0.5) is 0 Å². The molecule has 0 bridgehead atoms. The largest absolute Gasteiger partial charge is 0.394 e. The Kier molecular flexibility index (Phi) is 4.95. The van der Waals surface area contributed by atoms with Crippen molar-refractivity contribution in [2.24, 2.45) is 11.7 Å². The van der Waals surface area contributed by atoms with Gasteiger partial charge in [0.2, 0.25) is 5.91 Å². The van der Waals surface area contributed by atoms with Gasteiger partial charge in [0.1, 0.15) is 0 Å². The number of carbonyl (C=O) groups is 1. The van der Waals surface area contributed by atoms with Crippen LogP contribution in [0.2, 0.25) is 0 Å². The van der Waals surface area contributed by atoms with Gasteiger partial charge in [-0.2, -0.15) is 0 Å². The maximum atomic E-state index is 11.6. The lowest BCUT2D eigenvalue weighted by Gasteiger charge is -2.18. The van der Waals surface area contributed by atoms with E-state index in [1.165, 1.54) is 0 Å². The fourth-order valence-corrected chi connectivity index (χ4v) is 1.34. The number of benzene rings is 1. The highest BCUT2D eigenvalue weighted by molar-refractivity contribution is 5.79. The van der Waals surface area contributed by atoms with E-state index in [1.54, 1.807) is 6.92 Å². The molecule has 16 heavy (non-hydrogen) atoms. The van der Waals surface area contributed by atoms with Crippen molar-refractivity contribution >= 4 is 5.91 Å². The van der Waals surface area contributed by atoms with Gasteiger partial charge in [0, 0.05) is 12.5 Å². The van der Waals surface area contributed by atoms with Gasteiger partial charge in [-0.05, 0) is 5.56 Å². The molecule has 0 aliphatic heterocycles. The van der Waals surface area contributed by atoms with Crippen molar-refractivity contribution in [2.45, 2.75) is 13.0 Å². The van der Waals surface area contributed by atoms with Gasteiger partial charge in [-0.15, -0.1) is 0 Å². The molecule has 0 spiro atoms. The third-order valence-corrected chi connectivity index (χ3v) is 2.50. The van der Waals surface area contributed by atoms with Crippen LogP contribution in [0.5, 0.6) is 0 Å². The van der Waals surface area contributed by atoms with E-state index >= 15 is 0 Å². The van der Waals surface area contributed by atoms with E-state index in [0.29, 0.717) is 6.54 Å². The first-order chi connectivity index (χ1) is 7.69. The van der Waals surface area contributed by atoms with Crippen molar-refractivity contribution in [3.8, 4) is 0 Å². The summed E-state index contributed by atoms with van der Waals surface area (Å²) >= 11 is 0. The smallest absolute Gasteiger partial charge is 0.224 e. The first-order valence-corrected chi connectivity index (χ1v) is 5.35. The topological polar surface area (TPSA) is 75.4 Å². The first-order valence-electron chi connectivity index (χ1n) is 5.35. The van der Waals surface area contributed by atoms with Gasteiger partial charge in [-0.1, -0.05) is 37.3 Å². The molecule has 0 aromatic heterocycles. The van der Waals surface area contributed by atoms with Crippen LogP contribution in [0, 0.1) is 5.92 Å². The van der Waals surface area contributed by atoms with E-state index < -0.39 is 0 Å². The molecular weight excluding hydrogens is 204 g/mol. The molecule has 0 fully saturated rings. The second kappa shape index (κ2) is 6.25. The zero-order valence-electron chi connectivity index (χ0n) is 9.39. The number of hydrogen-bond acceptors (Lipinski definition) is 3. The molecule has 1 aromatic rings. The summed E-state index contributed by atoms with van der Waals surface area (Å²) < 4.78 is 0. The van der Waals surface area contributed by atoms with E-state index in [9.17, 15) is 9.90 Å². The quantitative estimate of drug-likeness (QED) is 0.676. The van der Waals surface area contributed by atoms with Crippen molar-refractivity contribution < 1.29 is 9.90 Å². The molecule has 1 rings (SSSR count). The van der Waals surface area contributed by atoms with E-state index in [-0.39, 0.29) is 24.5 Å². The molecule has 1 amide bonds. The van der Waals surface area contributed by atoms with Gasteiger partial charge in [-0.3, -0.25) is 4.79 Å². The summed E-state index contributed by atoms with van der Waals surface area (Å²) in [6.07, 6.45) is 0. The molecule has 0 aliphatic rings. The average Bonchev–Trinajstić information content (AvgIpc) is 2.35. The molecule has 4 N–H and O–H groups in total. The third-order valence-electron chi connectivity index (χ3n) is 2.50. The van der Waals surface area contributed by atoms with E-state index in [0.717, 1.165) is 5.56 Å². The summed E-state index contributed by atoms with van der Waals surface area (Å²) in [6, 6.07) is 9.01. The Hall–Kier alpha value is -1.39. The standard InChI is InChI=1S/C12H18N2O2/c1-9(7-13)12(16)14-11(8-15)10-5-3-2-4-6-10/h2-6,9,11,15H,7-8,13H2,1H3,(H,14,16)/t9?,11-/m1/s1. The molecule has 2 atom stereocenters. The number of carbonyl (C=O) groups excluding carboxylic acids is 1. The Morgan fingerprint density at radius 2 is 2.06 bits per heavy atom. The van der Waals surface area contributed by atoms with E-state index in [1.807, 2.05) is 30.3 Å². The lowest BCUT2D eigenvalue weighted by atomic mass is 10.1. The molecule has 0 saturated heterocycles. The van der Waals surface area contributed by atoms with Gasteiger partial charge in [-0.25, -0.2) is 0 Å². The molecule has 0 saturated carbocycles. The van der Waals surface area contributed by atoms with Crippen molar-refractivity contribution in [2.75, 3.05) is 13.2 Å². The van der Waals surface area contributed by atoms with Crippen molar-refractivity contribution in [3.63, 3.8) is 0 Å². The second-order valence-electron chi connectivity index (χ2n) is 3.79. The first kappa shape index (κ1) is 12.7. The molecule has 0 radical (unpaired) electrons. The van der Waals surface area contributed by atoms with Crippen molar-refractivity contribution in [3.05, 3.63) is 35.9 Å². The number of hydrogen-bond donors (Lipinski definition) is 3. The highest BCUT2D eigenvalue weighted by atomic mass is 16.3. The van der Waals surface area contributed by atoms with Crippen LogP contribution in [-0.4, -0.2) is 24.2 Å². The molecule has 0 aliphatic carbocycles. The minimum absolute atomic E-state index is 0.118. The number of aliphatic hydroxyl groups is 1. The number of nitrogens with one attached hydrogen (secondary N) is 1. The molecule has 88 valence electrons. The van der Waals surface area contributed by atoms with Crippen LogP contribution >= 0.6 is 0 Å². The van der Waals surface area contributed by atoms with Crippen LogP contribution in [0.3, 0.4) is 0 Å². The minimum Gasteiger partial charge on any atom is -0.394 e. The summed E-state index contributed by atoms with van der Waals surface area (Å²) in [5.74, 6) is -0.372. The fraction of sp³-hybridized carbons (Fsp3) is 0.417. The Balaban J connectivity index is 2.66. The monoisotopic (exact) mass is 222 g/mol. The number of rotatable bonds is 5. The summed E-state index contributed by atoms with van der Waals surface area (Å²) in [6.45, 7) is 1.95. The van der Waals surface area contributed by atoms with Crippen LogP contribution in [0.25, 0.3) is 0 Å².